The SMILES string of the molecule is O=C1CCCN1c1ccc(NC(=S)NC2CCCc3ccccc32)cc1. The molecule has 2 aromatic carbocycles. The number of carbonyl (C=O) groups is 1. The fourth-order valence-electron chi connectivity index (χ4n) is 3.88. The first kappa shape index (κ1) is 17.0. The quantitative estimate of drug-likeness (QED) is 0.801. The van der Waals surface area contributed by atoms with Crippen LogP contribution in [0.25, 0.3) is 0 Å². The Labute approximate surface area is 159 Å². The van der Waals surface area contributed by atoms with Gasteiger partial charge in [-0.1, -0.05) is 24.3 Å². The molecule has 0 bridgehead atoms. The largest absolute Gasteiger partial charge is 0.356 e. The fraction of sp³-hybridized carbons (Fsp3) is 0.333. The molecule has 1 saturated heterocycles. The lowest BCUT2D eigenvalue weighted by atomic mass is 9.88. The van der Waals surface area contributed by atoms with E-state index in [1.165, 1.54) is 17.5 Å². The Hall–Kier alpha value is -2.40. The van der Waals surface area contributed by atoms with Gasteiger partial charge in [0.05, 0.1) is 6.04 Å². The highest BCUT2D eigenvalue weighted by Crippen LogP contribution is 2.29. The molecule has 134 valence electrons. The van der Waals surface area contributed by atoms with Crippen LogP contribution in [-0.4, -0.2) is 17.6 Å². The summed E-state index contributed by atoms with van der Waals surface area (Å²) in [5.74, 6) is 0.207. The van der Waals surface area contributed by atoms with Gasteiger partial charge in [0.15, 0.2) is 5.11 Å². The van der Waals surface area contributed by atoms with Crippen LogP contribution in [0.3, 0.4) is 0 Å². The second kappa shape index (κ2) is 7.46. The molecule has 1 fully saturated rings. The minimum absolute atomic E-state index is 0.207. The van der Waals surface area contributed by atoms with E-state index in [1.54, 1.807) is 0 Å². The average Bonchev–Trinajstić information content (AvgIpc) is 3.09. The van der Waals surface area contributed by atoms with Gasteiger partial charge in [-0.3, -0.25) is 4.79 Å². The monoisotopic (exact) mass is 365 g/mol. The Bertz CT molecular complexity index is 818. The van der Waals surface area contributed by atoms with E-state index in [0.717, 1.165) is 37.2 Å². The van der Waals surface area contributed by atoms with Crippen molar-refractivity contribution in [1.82, 2.24) is 5.32 Å². The highest BCUT2D eigenvalue weighted by molar-refractivity contribution is 7.80. The van der Waals surface area contributed by atoms with Crippen molar-refractivity contribution in [2.24, 2.45) is 0 Å². The highest BCUT2D eigenvalue weighted by Gasteiger charge is 2.22. The molecule has 0 aromatic heterocycles. The van der Waals surface area contributed by atoms with Crippen molar-refractivity contribution in [2.45, 2.75) is 38.1 Å². The second-order valence-corrected chi connectivity index (χ2v) is 7.35. The topological polar surface area (TPSA) is 44.4 Å². The zero-order chi connectivity index (χ0) is 17.9. The number of hydrogen-bond acceptors (Lipinski definition) is 2. The molecular weight excluding hydrogens is 342 g/mol. The summed E-state index contributed by atoms with van der Waals surface area (Å²) in [5, 5.41) is 7.36. The number of aryl methyl sites for hydroxylation is 1. The smallest absolute Gasteiger partial charge is 0.227 e. The van der Waals surface area contributed by atoms with Gasteiger partial charge in [-0.2, -0.15) is 0 Å². The van der Waals surface area contributed by atoms with Gasteiger partial charge >= 0.3 is 0 Å². The summed E-state index contributed by atoms with van der Waals surface area (Å²) in [4.78, 5) is 13.7. The number of amides is 1. The van der Waals surface area contributed by atoms with E-state index in [2.05, 4.69) is 34.9 Å². The number of fused-ring (bicyclic) bond motifs is 1. The van der Waals surface area contributed by atoms with Gasteiger partial charge in [-0.25, -0.2) is 0 Å². The van der Waals surface area contributed by atoms with Gasteiger partial charge in [0.2, 0.25) is 5.91 Å². The maximum Gasteiger partial charge on any atom is 0.227 e. The maximum absolute atomic E-state index is 11.8. The van der Waals surface area contributed by atoms with Gasteiger partial charge in [0, 0.05) is 24.3 Å². The van der Waals surface area contributed by atoms with Gasteiger partial charge in [-0.15, -0.1) is 0 Å². The van der Waals surface area contributed by atoms with Crippen LogP contribution in [-0.2, 0) is 11.2 Å². The lowest BCUT2D eigenvalue weighted by molar-refractivity contribution is -0.117. The van der Waals surface area contributed by atoms with Crippen molar-refractivity contribution in [2.75, 3.05) is 16.8 Å². The normalized spacial score (nSPS) is 19.2. The Morgan fingerprint density at radius 1 is 1.04 bits per heavy atom. The van der Waals surface area contributed by atoms with Crippen LogP contribution in [0.1, 0.15) is 42.9 Å². The third-order valence-electron chi connectivity index (χ3n) is 5.19. The van der Waals surface area contributed by atoms with Crippen molar-refractivity contribution in [3.63, 3.8) is 0 Å². The summed E-state index contributed by atoms with van der Waals surface area (Å²) in [6, 6.07) is 16.8. The first-order valence-corrected chi connectivity index (χ1v) is 9.67. The van der Waals surface area contributed by atoms with Crippen LogP contribution in [0.4, 0.5) is 11.4 Å². The van der Waals surface area contributed by atoms with Crippen LogP contribution in [0, 0.1) is 0 Å². The summed E-state index contributed by atoms with van der Waals surface area (Å²) < 4.78 is 0. The Morgan fingerprint density at radius 2 is 1.85 bits per heavy atom. The molecule has 1 aliphatic carbocycles. The molecule has 2 aromatic rings. The van der Waals surface area contributed by atoms with Gasteiger partial charge < -0.3 is 15.5 Å². The number of nitrogens with zero attached hydrogens (tertiary/aromatic N) is 1. The second-order valence-electron chi connectivity index (χ2n) is 6.94. The summed E-state index contributed by atoms with van der Waals surface area (Å²) in [5.41, 5.74) is 4.66. The molecule has 26 heavy (non-hydrogen) atoms. The Morgan fingerprint density at radius 3 is 2.62 bits per heavy atom. The molecule has 4 nitrogen and oxygen atoms in total. The minimum atomic E-state index is 0.207. The zero-order valence-corrected chi connectivity index (χ0v) is 15.5. The molecule has 5 heteroatoms. The van der Waals surface area contributed by atoms with Gasteiger partial charge in [0.25, 0.3) is 0 Å². The molecule has 1 atom stereocenters. The zero-order valence-electron chi connectivity index (χ0n) is 14.7. The average molecular weight is 366 g/mol. The molecule has 0 radical (unpaired) electrons. The molecule has 4 rings (SSSR count). The number of benzene rings is 2. The van der Waals surface area contributed by atoms with Gasteiger partial charge in [0.1, 0.15) is 0 Å². The third kappa shape index (κ3) is 3.58. The number of rotatable bonds is 3. The number of thiocarbonyl (C=S) groups is 1. The van der Waals surface area contributed by atoms with E-state index in [0.29, 0.717) is 11.5 Å². The van der Waals surface area contributed by atoms with Crippen LogP contribution >= 0.6 is 12.2 Å². The van der Waals surface area contributed by atoms with E-state index in [4.69, 9.17) is 12.2 Å². The van der Waals surface area contributed by atoms with E-state index >= 15 is 0 Å². The van der Waals surface area contributed by atoms with Crippen LogP contribution in [0.15, 0.2) is 48.5 Å². The summed E-state index contributed by atoms with van der Waals surface area (Å²) >= 11 is 5.52. The van der Waals surface area contributed by atoms with Crippen LogP contribution in [0.5, 0.6) is 0 Å². The Balaban J connectivity index is 1.39. The molecule has 1 unspecified atom stereocenters. The first-order chi connectivity index (χ1) is 12.7. The standard InChI is InChI=1S/C21H23N3OS/c25-20-9-4-14-24(20)17-12-10-16(11-13-17)22-21(26)23-19-8-3-6-15-5-1-2-7-18(15)19/h1-2,5,7,10-13,19H,3-4,6,8-9,14H2,(H2,22,23,26). The summed E-state index contributed by atoms with van der Waals surface area (Å²) in [6.07, 6.45) is 5.00. The van der Waals surface area contributed by atoms with Crippen molar-refractivity contribution >= 4 is 34.6 Å². The molecule has 1 heterocycles. The van der Waals surface area contributed by atoms with E-state index < -0.39 is 0 Å². The molecule has 1 amide bonds. The lowest BCUT2D eigenvalue weighted by Crippen LogP contribution is -2.34. The van der Waals surface area contributed by atoms with Crippen molar-refractivity contribution in [3.05, 3.63) is 59.7 Å². The number of hydrogen-bond donors (Lipinski definition) is 2. The lowest BCUT2D eigenvalue weighted by Gasteiger charge is -2.27. The summed E-state index contributed by atoms with van der Waals surface area (Å²) in [7, 11) is 0. The third-order valence-corrected chi connectivity index (χ3v) is 5.40. The predicted molar refractivity (Wildman–Crippen MR) is 110 cm³/mol. The fourth-order valence-corrected chi connectivity index (χ4v) is 4.14. The first-order valence-electron chi connectivity index (χ1n) is 9.26. The Kier molecular flexibility index (Phi) is 4.89. The van der Waals surface area contributed by atoms with E-state index in [9.17, 15) is 4.79 Å². The molecular formula is C21H23N3OS. The van der Waals surface area contributed by atoms with Gasteiger partial charge in [-0.05, 0) is 73.3 Å². The van der Waals surface area contributed by atoms with Crippen molar-refractivity contribution in [1.29, 1.82) is 0 Å². The molecule has 2 N–H and O–H groups in total. The molecule has 1 aliphatic heterocycles. The van der Waals surface area contributed by atoms with Crippen LogP contribution < -0.4 is 15.5 Å². The summed E-state index contributed by atoms with van der Waals surface area (Å²) in [6.45, 7) is 0.812. The number of anilines is 2. The minimum Gasteiger partial charge on any atom is -0.356 e. The molecule has 0 spiro atoms. The number of carbonyl (C=O) groups excluding carboxylic acids is 1. The predicted octanol–water partition coefficient (Wildman–Crippen LogP) is 4.18. The van der Waals surface area contributed by atoms with Crippen molar-refractivity contribution in [3.8, 4) is 0 Å². The number of nitrogens with one attached hydrogen (secondary N) is 2. The van der Waals surface area contributed by atoms with E-state index in [1.807, 2.05) is 29.2 Å². The molecule has 0 saturated carbocycles. The van der Waals surface area contributed by atoms with Crippen molar-refractivity contribution < 1.29 is 4.79 Å². The van der Waals surface area contributed by atoms with Crippen LogP contribution in [0.2, 0.25) is 0 Å². The van der Waals surface area contributed by atoms with E-state index in [-0.39, 0.29) is 11.9 Å². The maximum atomic E-state index is 11.8. The molecule has 2 aliphatic rings. The highest BCUT2D eigenvalue weighted by atomic mass is 32.1.